The Bertz CT molecular complexity index is 745. The van der Waals surface area contributed by atoms with Crippen LogP contribution in [0.1, 0.15) is 22.8 Å². The number of benzene rings is 2. The molecule has 2 aromatic rings. The molecule has 0 saturated carbocycles. The van der Waals surface area contributed by atoms with Gasteiger partial charge < -0.3 is 9.47 Å². The summed E-state index contributed by atoms with van der Waals surface area (Å²) in [5.41, 5.74) is 1.36. The van der Waals surface area contributed by atoms with Gasteiger partial charge in [0.2, 0.25) is 0 Å². The summed E-state index contributed by atoms with van der Waals surface area (Å²) in [7, 11) is 0. The van der Waals surface area contributed by atoms with Crippen LogP contribution in [0.4, 0.5) is 0 Å². The van der Waals surface area contributed by atoms with Crippen LogP contribution in [0, 0.1) is 0 Å². The van der Waals surface area contributed by atoms with E-state index in [0.717, 1.165) is 5.56 Å². The average molecular weight is 324 g/mol. The molecule has 2 aromatic carbocycles. The second kappa shape index (κ2) is 8.43. The van der Waals surface area contributed by atoms with Crippen molar-refractivity contribution in [1.29, 1.82) is 0 Å². The van der Waals surface area contributed by atoms with Gasteiger partial charge in [-0.2, -0.15) is 0 Å². The number of ketones is 1. The molecule has 0 aliphatic heterocycles. The van der Waals surface area contributed by atoms with Crippen LogP contribution in [0.25, 0.3) is 6.08 Å². The summed E-state index contributed by atoms with van der Waals surface area (Å²) in [6, 6.07) is 15.3. The van der Waals surface area contributed by atoms with E-state index in [-0.39, 0.29) is 18.1 Å². The molecule has 0 spiro atoms. The van der Waals surface area contributed by atoms with Crippen LogP contribution in [0.2, 0.25) is 0 Å². The highest BCUT2D eigenvalue weighted by Crippen LogP contribution is 2.14. The number of hydrogen-bond acceptors (Lipinski definition) is 5. The first-order valence-electron chi connectivity index (χ1n) is 7.36. The molecule has 0 aliphatic carbocycles. The van der Waals surface area contributed by atoms with Gasteiger partial charge in [-0.1, -0.05) is 48.5 Å². The van der Waals surface area contributed by atoms with Gasteiger partial charge in [-0.05, 0) is 30.7 Å². The molecular formula is C19H16O5. The van der Waals surface area contributed by atoms with E-state index in [1.165, 1.54) is 18.2 Å². The third-order valence-corrected chi connectivity index (χ3v) is 3.02. The van der Waals surface area contributed by atoms with Crippen LogP contribution in [0.5, 0.6) is 5.75 Å². The Kier molecular flexibility index (Phi) is 6.02. The van der Waals surface area contributed by atoms with E-state index in [1.54, 1.807) is 49.4 Å². The van der Waals surface area contributed by atoms with Crippen molar-refractivity contribution in [2.45, 2.75) is 6.92 Å². The summed E-state index contributed by atoms with van der Waals surface area (Å²) in [6.07, 6.45) is 3.13. The Morgan fingerprint density at radius 3 is 2.21 bits per heavy atom. The van der Waals surface area contributed by atoms with Gasteiger partial charge in [-0.15, -0.1) is 0 Å². The third kappa shape index (κ3) is 4.91. The van der Waals surface area contributed by atoms with Crippen molar-refractivity contribution in [3.8, 4) is 5.75 Å². The molecule has 0 unspecified atom stereocenters. The lowest BCUT2D eigenvalue weighted by molar-refractivity contribution is -0.161. The fourth-order valence-electron chi connectivity index (χ4n) is 1.86. The first kappa shape index (κ1) is 17.1. The van der Waals surface area contributed by atoms with Gasteiger partial charge in [0.25, 0.3) is 0 Å². The molecule has 5 heteroatoms. The summed E-state index contributed by atoms with van der Waals surface area (Å²) in [5, 5.41) is 0. The van der Waals surface area contributed by atoms with Crippen molar-refractivity contribution in [2.24, 2.45) is 0 Å². The summed E-state index contributed by atoms with van der Waals surface area (Å²) in [5.74, 6) is -1.98. The molecule has 2 rings (SSSR count). The zero-order valence-corrected chi connectivity index (χ0v) is 13.1. The van der Waals surface area contributed by atoms with Gasteiger partial charge in [-0.25, -0.2) is 9.59 Å². The highest BCUT2D eigenvalue weighted by molar-refractivity contribution is 6.30. The molecular weight excluding hydrogens is 308 g/mol. The molecule has 0 fully saturated rings. The summed E-state index contributed by atoms with van der Waals surface area (Å²) in [6.45, 7) is 1.70. The minimum Gasteiger partial charge on any atom is -0.458 e. The fraction of sp³-hybridized carbons (Fsp3) is 0.105. The average Bonchev–Trinajstić information content (AvgIpc) is 2.61. The molecule has 0 radical (unpaired) electrons. The number of carbonyl (C=O) groups is 3. The van der Waals surface area contributed by atoms with Crippen LogP contribution >= 0.6 is 0 Å². The maximum Gasteiger partial charge on any atom is 0.422 e. The molecule has 0 bridgehead atoms. The Morgan fingerprint density at radius 1 is 0.917 bits per heavy atom. The van der Waals surface area contributed by atoms with Gasteiger partial charge in [0, 0.05) is 5.56 Å². The minimum absolute atomic E-state index is 0.103. The Balaban J connectivity index is 1.97. The van der Waals surface area contributed by atoms with E-state index in [9.17, 15) is 14.4 Å². The van der Waals surface area contributed by atoms with Crippen LogP contribution in [0.15, 0.2) is 60.7 Å². The minimum atomic E-state index is -1.07. The predicted molar refractivity (Wildman–Crippen MR) is 88.5 cm³/mol. The van der Waals surface area contributed by atoms with Gasteiger partial charge in [-0.3, -0.25) is 4.79 Å². The van der Waals surface area contributed by atoms with E-state index in [1.807, 2.05) is 6.07 Å². The standard InChI is InChI=1S/C19H16O5/c1-2-23-18(21)19(22)24-16-11-8-14(9-12-16)10-13-17(20)15-6-4-3-5-7-15/h3-13H,2H2,1H3. The van der Waals surface area contributed by atoms with Crippen molar-refractivity contribution >= 4 is 23.8 Å². The zero-order valence-electron chi connectivity index (χ0n) is 13.1. The molecule has 0 N–H and O–H groups in total. The zero-order chi connectivity index (χ0) is 17.4. The van der Waals surface area contributed by atoms with Crippen LogP contribution in [0.3, 0.4) is 0 Å². The van der Waals surface area contributed by atoms with Crippen molar-refractivity contribution in [3.05, 3.63) is 71.8 Å². The van der Waals surface area contributed by atoms with Crippen molar-refractivity contribution in [1.82, 2.24) is 0 Å². The lowest BCUT2D eigenvalue weighted by atomic mass is 10.1. The van der Waals surface area contributed by atoms with Crippen LogP contribution in [-0.4, -0.2) is 24.3 Å². The SMILES string of the molecule is CCOC(=O)C(=O)Oc1ccc(C=CC(=O)c2ccccc2)cc1. The van der Waals surface area contributed by atoms with Gasteiger partial charge >= 0.3 is 11.9 Å². The van der Waals surface area contributed by atoms with Crippen LogP contribution in [-0.2, 0) is 14.3 Å². The molecule has 122 valence electrons. The van der Waals surface area contributed by atoms with E-state index >= 15 is 0 Å². The molecule has 0 atom stereocenters. The lowest BCUT2D eigenvalue weighted by Crippen LogP contribution is -2.22. The van der Waals surface area contributed by atoms with E-state index in [2.05, 4.69) is 4.74 Å². The van der Waals surface area contributed by atoms with Crippen molar-refractivity contribution < 1.29 is 23.9 Å². The topological polar surface area (TPSA) is 69.7 Å². The second-order valence-electron chi connectivity index (χ2n) is 4.74. The summed E-state index contributed by atoms with van der Waals surface area (Å²) >= 11 is 0. The smallest absolute Gasteiger partial charge is 0.422 e. The predicted octanol–water partition coefficient (Wildman–Crippen LogP) is 3.05. The normalized spacial score (nSPS) is 10.4. The largest absolute Gasteiger partial charge is 0.458 e. The van der Waals surface area contributed by atoms with E-state index < -0.39 is 11.9 Å². The number of esters is 2. The van der Waals surface area contributed by atoms with E-state index in [4.69, 9.17) is 4.74 Å². The Morgan fingerprint density at radius 2 is 1.58 bits per heavy atom. The number of hydrogen-bond donors (Lipinski definition) is 0. The molecule has 5 nitrogen and oxygen atoms in total. The number of ether oxygens (including phenoxy) is 2. The summed E-state index contributed by atoms with van der Waals surface area (Å²) < 4.78 is 9.42. The second-order valence-corrected chi connectivity index (χ2v) is 4.74. The lowest BCUT2D eigenvalue weighted by Gasteiger charge is -2.03. The molecule has 0 aliphatic rings. The van der Waals surface area contributed by atoms with Gasteiger partial charge in [0.15, 0.2) is 5.78 Å². The highest BCUT2D eigenvalue weighted by atomic mass is 16.6. The molecule has 0 heterocycles. The quantitative estimate of drug-likeness (QED) is 0.278. The maximum atomic E-state index is 12.0. The molecule has 0 amide bonds. The Labute approximate surface area is 139 Å². The fourth-order valence-corrected chi connectivity index (χ4v) is 1.86. The highest BCUT2D eigenvalue weighted by Gasteiger charge is 2.17. The number of carbonyl (C=O) groups excluding carboxylic acids is 3. The number of rotatable bonds is 5. The molecule has 0 saturated heterocycles. The Hall–Kier alpha value is -3.21. The first-order chi connectivity index (χ1) is 11.6. The third-order valence-electron chi connectivity index (χ3n) is 3.02. The van der Waals surface area contributed by atoms with Gasteiger partial charge in [0.05, 0.1) is 6.61 Å². The van der Waals surface area contributed by atoms with Gasteiger partial charge in [0.1, 0.15) is 5.75 Å². The monoisotopic (exact) mass is 324 g/mol. The molecule has 24 heavy (non-hydrogen) atoms. The first-order valence-corrected chi connectivity index (χ1v) is 7.36. The van der Waals surface area contributed by atoms with Crippen LogP contribution < -0.4 is 4.74 Å². The van der Waals surface area contributed by atoms with Crippen molar-refractivity contribution in [2.75, 3.05) is 6.61 Å². The number of allylic oxidation sites excluding steroid dienone is 1. The van der Waals surface area contributed by atoms with Crippen molar-refractivity contribution in [3.63, 3.8) is 0 Å². The van der Waals surface area contributed by atoms with E-state index in [0.29, 0.717) is 5.56 Å². The molecule has 0 aromatic heterocycles. The summed E-state index contributed by atoms with van der Waals surface area (Å²) in [4.78, 5) is 34.5. The maximum absolute atomic E-state index is 12.0.